The van der Waals surface area contributed by atoms with Crippen LogP contribution in [0.2, 0.25) is 5.02 Å². The summed E-state index contributed by atoms with van der Waals surface area (Å²) in [5.74, 6) is -0.139. The second-order valence-electron chi connectivity index (χ2n) is 5.51. The Kier molecular flexibility index (Phi) is 6.91. The van der Waals surface area contributed by atoms with Crippen molar-refractivity contribution in [1.29, 1.82) is 0 Å². The van der Waals surface area contributed by atoms with Crippen molar-refractivity contribution in [3.63, 3.8) is 0 Å². The summed E-state index contributed by atoms with van der Waals surface area (Å²) < 4.78 is 13.0. The third-order valence-electron chi connectivity index (χ3n) is 3.97. The molecule has 1 aliphatic rings. The van der Waals surface area contributed by atoms with Crippen LogP contribution in [0, 0.1) is 11.7 Å². The van der Waals surface area contributed by atoms with Crippen LogP contribution in [0.15, 0.2) is 18.2 Å². The molecular formula is C15H21Cl2FN2O. The maximum Gasteiger partial charge on any atom is 0.220 e. The Morgan fingerprint density at radius 2 is 2.24 bits per heavy atom. The van der Waals surface area contributed by atoms with Crippen molar-refractivity contribution in [2.24, 2.45) is 11.7 Å². The largest absolute Gasteiger partial charge is 0.350 e. The molecule has 0 spiro atoms. The third kappa shape index (κ3) is 4.83. The number of hydrogen-bond acceptors (Lipinski definition) is 2. The van der Waals surface area contributed by atoms with Gasteiger partial charge in [0.05, 0.1) is 6.04 Å². The SMILES string of the molecule is CC(NC(=O)C[C@@H]1CCC[C@H]1N)c1ccc(F)cc1Cl.Cl. The number of amides is 1. The number of carbonyl (C=O) groups excluding carboxylic acids is 1. The first-order valence-corrected chi connectivity index (χ1v) is 7.35. The highest BCUT2D eigenvalue weighted by atomic mass is 35.5. The van der Waals surface area contributed by atoms with Gasteiger partial charge < -0.3 is 11.1 Å². The zero-order valence-corrected chi connectivity index (χ0v) is 13.5. The van der Waals surface area contributed by atoms with Gasteiger partial charge in [-0.3, -0.25) is 4.79 Å². The van der Waals surface area contributed by atoms with Crippen molar-refractivity contribution in [3.8, 4) is 0 Å². The van der Waals surface area contributed by atoms with Crippen LogP contribution in [0.4, 0.5) is 4.39 Å². The first-order valence-electron chi connectivity index (χ1n) is 6.97. The Bertz CT molecular complexity index is 499. The number of benzene rings is 1. The topological polar surface area (TPSA) is 55.1 Å². The molecule has 0 heterocycles. The highest BCUT2D eigenvalue weighted by Crippen LogP contribution is 2.28. The molecule has 1 fully saturated rings. The summed E-state index contributed by atoms with van der Waals surface area (Å²) in [4.78, 5) is 12.0. The minimum atomic E-state index is -0.380. The van der Waals surface area contributed by atoms with Gasteiger partial charge in [0.2, 0.25) is 5.91 Å². The molecule has 3 atom stereocenters. The lowest BCUT2D eigenvalue weighted by Gasteiger charge is -2.19. The van der Waals surface area contributed by atoms with E-state index in [1.165, 1.54) is 12.1 Å². The van der Waals surface area contributed by atoms with Gasteiger partial charge in [0.25, 0.3) is 0 Å². The van der Waals surface area contributed by atoms with Gasteiger partial charge in [0.15, 0.2) is 0 Å². The molecule has 0 bridgehead atoms. The number of nitrogens with two attached hydrogens (primary N) is 1. The molecule has 21 heavy (non-hydrogen) atoms. The fourth-order valence-corrected chi connectivity index (χ4v) is 3.12. The minimum Gasteiger partial charge on any atom is -0.350 e. The van der Waals surface area contributed by atoms with Crippen molar-refractivity contribution in [3.05, 3.63) is 34.6 Å². The van der Waals surface area contributed by atoms with Gasteiger partial charge >= 0.3 is 0 Å². The number of carbonyl (C=O) groups is 1. The van der Waals surface area contributed by atoms with Crippen molar-refractivity contribution in [2.75, 3.05) is 0 Å². The quantitative estimate of drug-likeness (QED) is 0.883. The lowest BCUT2D eigenvalue weighted by atomic mass is 9.99. The van der Waals surface area contributed by atoms with Crippen LogP contribution in [0.1, 0.15) is 44.2 Å². The smallest absolute Gasteiger partial charge is 0.220 e. The molecule has 3 N–H and O–H groups in total. The summed E-state index contributed by atoms with van der Waals surface area (Å²) in [5, 5.41) is 3.23. The second-order valence-corrected chi connectivity index (χ2v) is 5.92. The van der Waals surface area contributed by atoms with E-state index in [-0.39, 0.29) is 42.1 Å². The van der Waals surface area contributed by atoms with Gasteiger partial charge in [-0.05, 0) is 43.4 Å². The number of rotatable bonds is 4. The highest BCUT2D eigenvalue weighted by Gasteiger charge is 2.26. The molecule has 0 radical (unpaired) electrons. The standard InChI is InChI=1S/C15H20ClFN2O.ClH/c1-9(12-6-5-11(17)8-13(12)16)19-15(20)7-10-3-2-4-14(10)18;/h5-6,8-10,14H,2-4,7,18H2,1H3,(H,19,20);1H/t9?,10-,14+;/m0./s1. The van der Waals surface area contributed by atoms with Gasteiger partial charge in [-0.2, -0.15) is 0 Å². The predicted molar refractivity (Wildman–Crippen MR) is 85.1 cm³/mol. The van der Waals surface area contributed by atoms with E-state index in [0.29, 0.717) is 11.4 Å². The second kappa shape index (κ2) is 7.97. The number of halogens is 3. The van der Waals surface area contributed by atoms with E-state index in [4.69, 9.17) is 17.3 Å². The number of hydrogen-bond donors (Lipinski definition) is 2. The lowest BCUT2D eigenvalue weighted by molar-refractivity contribution is -0.122. The van der Waals surface area contributed by atoms with E-state index in [2.05, 4.69) is 5.32 Å². The maximum absolute atomic E-state index is 13.0. The third-order valence-corrected chi connectivity index (χ3v) is 4.30. The van der Waals surface area contributed by atoms with Crippen LogP contribution >= 0.6 is 24.0 Å². The van der Waals surface area contributed by atoms with Crippen LogP contribution in [0.3, 0.4) is 0 Å². The van der Waals surface area contributed by atoms with Crippen LogP contribution in [-0.2, 0) is 4.79 Å². The molecule has 2 rings (SSSR count). The summed E-state index contributed by atoms with van der Waals surface area (Å²) in [6.45, 7) is 1.84. The average molecular weight is 335 g/mol. The van der Waals surface area contributed by atoms with Gasteiger partial charge in [-0.15, -0.1) is 12.4 Å². The summed E-state index contributed by atoms with van der Waals surface area (Å²) in [7, 11) is 0. The number of nitrogens with one attached hydrogen (secondary N) is 1. The van der Waals surface area contributed by atoms with E-state index >= 15 is 0 Å². The first-order chi connectivity index (χ1) is 9.47. The van der Waals surface area contributed by atoms with Crippen LogP contribution in [0.25, 0.3) is 0 Å². The lowest BCUT2D eigenvalue weighted by Crippen LogP contribution is -2.33. The molecular weight excluding hydrogens is 314 g/mol. The molecule has 1 aromatic carbocycles. The zero-order valence-electron chi connectivity index (χ0n) is 11.9. The molecule has 1 unspecified atom stereocenters. The highest BCUT2D eigenvalue weighted by molar-refractivity contribution is 6.31. The van der Waals surface area contributed by atoms with Gasteiger partial charge in [-0.1, -0.05) is 24.1 Å². The molecule has 1 amide bonds. The molecule has 1 aromatic rings. The normalized spacial score (nSPS) is 22.5. The van der Waals surface area contributed by atoms with E-state index in [1.807, 2.05) is 6.92 Å². The fourth-order valence-electron chi connectivity index (χ4n) is 2.79. The Hall–Kier alpha value is -0.840. The van der Waals surface area contributed by atoms with E-state index < -0.39 is 0 Å². The average Bonchev–Trinajstić information content (AvgIpc) is 2.74. The van der Waals surface area contributed by atoms with Crippen molar-refractivity contribution in [2.45, 2.75) is 44.7 Å². The molecule has 0 saturated heterocycles. The summed E-state index contributed by atoms with van der Waals surface area (Å²) in [5.41, 5.74) is 6.69. The molecule has 6 heteroatoms. The van der Waals surface area contributed by atoms with Crippen LogP contribution in [0.5, 0.6) is 0 Å². The summed E-state index contributed by atoms with van der Waals surface area (Å²) in [6, 6.07) is 4.09. The van der Waals surface area contributed by atoms with Crippen molar-refractivity contribution < 1.29 is 9.18 Å². The summed E-state index contributed by atoms with van der Waals surface area (Å²) >= 11 is 5.99. The van der Waals surface area contributed by atoms with E-state index in [0.717, 1.165) is 24.8 Å². The zero-order chi connectivity index (χ0) is 14.7. The molecule has 1 saturated carbocycles. The fraction of sp³-hybridized carbons (Fsp3) is 0.533. The molecule has 3 nitrogen and oxygen atoms in total. The predicted octanol–water partition coefficient (Wildman–Crippen LogP) is 3.60. The minimum absolute atomic E-state index is 0. The van der Waals surface area contributed by atoms with Gasteiger partial charge in [0, 0.05) is 17.5 Å². The van der Waals surface area contributed by atoms with E-state index in [1.54, 1.807) is 6.07 Å². The Labute approximate surface area is 135 Å². The Morgan fingerprint density at radius 1 is 1.52 bits per heavy atom. The van der Waals surface area contributed by atoms with Crippen LogP contribution < -0.4 is 11.1 Å². The van der Waals surface area contributed by atoms with Gasteiger partial charge in [0.1, 0.15) is 5.82 Å². The van der Waals surface area contributed by atoms with Crippen LogP contribution in [-0.4, -0.2) is 11.9 Å². The maximum atomic E-state index is 13.0. The Morgan fingerprint density at radius 3 is 2.81 bits per heavy atom. The molecule has 0 aliphatic heterocycles. The van der Waals surface area contributed by atoms with Crippen molar-refractivity contribution >= 4 is 29.9 Å². The Balaban J connectivity index is 0.00000220. The monoisotopic (exact) mass is 334 g/mol. The summed E-state index contributed by atoms with van der Waals surface area (Å²) in [6.07, 6.45) is 3.56. The molecule has 118 valence electrons. The first kappa shape index (κ1) is 18.2. The molecule has 0 aromatic heterocycles. The van der Waals surface area contributed by atoms with Crippen molar-refractivity contribution in [1.82, 2.24) is 5.32 Å². The van der Waals surface area contributed by atoms with E-state index in [9.17, 15) is 9.18 Å². The molecule has 1 aliphatic carbocycles. The van der Waals surface area contributed by atoms with Gasteiger partial charge in [-0.25, -0.2) is 4.39 Å².